The number of esters is 1. The van der Waals surface area contributed by atoms with Gasteiger partial charge in [0.15, 0.2) is 5.65 Å². The minimum absolute atomic E-state index is 0.0120. The summed E-state index contributed by atoms with van der Waals surface area (Å²) in [7, 11) is 0. The Balaban J connectivity index is 1.70. The van der Waals surface area contributed by atoms with Crippen molar-refractivity contribution < 1.29 is 14.3 Å². The Bertz CT molecular complexity index is 960. The van der Waals surface area contributed by atoms with E-state index in [2.05, 4.69) is 5.10 Å². The van der Waals surface area contributed by atoms with Crippen molar-refractivity contribution in [1.82, 2.24) is 14.8 Å². The fraction of sp³-hybridized carbons (Fsp3) is 0.409. The number of hydrogen-bond donors (Lipinski definition) is 0. The molecule has 4 rings (SSSR count). The van der Waals surface area contributed by atoms with Gasteiger partial charge in [-0.1, -0.05) is 30.3 Å². The smallest absolute Gasteiger partial charge is 0.339 e. The molecule has 0 amide bonds. The molecular weight excluding hydrogens is 354 g/mol. The second-order valence-corrected chi connectivity index (χ2v) is 7.43. The maximum absolute atomic E-state index is 12.9. The highest BCUT2D eigenvalue weighted by molar-refractivity contribution is 6.03. The molecule has 3 heterocycles. The van der Waals surface area contributed by atoms with Gasteiger partial charge in [-0.25, -0.2) is 14.5 Å². The lowest BCUT2D eigenvalue weighted by Crippen LogP contribution is -2.26. The number of rotatable bonds is 5. The molecule has 1 aromatic carbocycles. The first-order valence-corrected chi connectivity index (χ1v) is 9.86. The van der Waals surface area contributed by atoms with E-state index >= 15 is 0 Å². The summed E-state index contributed by atoms with van der Waals surface area (Å²) in [6.45, 7) is 5.10. The predicted octanol–water partition coefficient (Wildman–Crippen LogP) is 4.41. The van der Waals surface area contributed by atoms with Crippen LogP contribution in [0.1, 0.15) is 49.5 Å². The molecule has 0 aliphatic carbocycles. The van der Waals surface area contributed by atoms with Gasteiger partial charge in [-0.05, 0) is 39.2 Å². The summed E-state index contributed by atoms with van der Waals surface area (Å²) in [5, 5.41) is 5.16. The monoisotopic (exact) mass is 379 g/mol. The number of ether oxygens (including phenoxy) is 2. The van der Waals surface area contributed by atoms with Crippen LogP contribution in [0.5, 0.6) is 0 Å². The summed E-state index contributed by atoms with van der Waals surface area (Å²) in [5.41, 5.74) is 2.87. The summed E-state index contributed by atoms with van der Waals surface area (Å²) >= 11 is 0. The van der Waals surface area contributed by atoms with Crippen molar-refractivity contribution in [2.45, 2.75) is 45.3 Å². The van der Waals surface area contributed by atoms with Crippen LogP contribution in [0.3, 0.4) is 0 Å². The quantitative estimate of drug-likeness (QED) is 0.615. The van der Waals surface area contributed by atoms with E-state index in [0.717, 1.165) is 37.1 Å². The number of fused-ring (bicyclic) bond motifs is 1. The molecule has 0 radical (unpaired) electrons. The van der Waals surface area contributed by atoms with Crippen LogP contribution in [0, 0.1) is 0 Å². The van der Waals surface area contributed by atoms with E-state index in [1.54, 1.807) is 12.3 Å². The molecule has 3 aromatic rings. The molecule has 1 unspecified atom stereocenters. The Kier molecular flexibility index (Phi) is 5.39. The molecular formula is C22H25N3O3. The fourth-order valence-corrected chi connectivity index (χ4v) is 3.51. The number of carbonyl (C=O) groups excluding carboxylic acids is 1. The van der Waals surface area contributed by atoms with Crippen molar-refractivity contribution in [2.24, 2.45) is 0 Å². The van der Waals surface area contributed by atoms with Gasteiger partial charge in [0.2, 0.25) is 0 Å². The maximum Gasteiger partial charge on any atom is 0.339 e. The third-order valence-electron chi connectivity index (χ3n) is 5.02. The molecule has 1 aliphatic rings. The molecule has 1 fully saturated rings. The van der Waals surface area contributed by atoms with Crippen LogP contribution in [0.25, 0.3) is 22.3 Å². The molecule has 1 saturated heterocycles. The summed E-state index contributed by atoms with van der Waals surface area (Å²) in [5.74, 6) is -0.359. The summed E-state index contributed by atoms with van der Waals surface area (Å²) in [4.78, 5) is 17.7. The van der Waals surface area contributed by atoms with Crippen LogP contribution in [0.2, 0.25) is 0 Å². The number of pyridine rings is 1. The normalized spacial score (nSPS) is 17.2. The number of benzene rings is 1. The zero-order valence-corrected chi connectivity index (χ0v) is 16.3. The van der Waals surface area contributed by atoms with Crippen molar-refractivity contribution in [3.63, 3.8) is 0 Å². The van der Waals surface area contributed by atoms with E-state index in [4.69, 9.17) is 14.5 Å². The van der Waals surface area contributed by atoms with Gasteiger partial charge in [-0.15, -0.1) is 0 Å². The summed E-state index contributed by atoms with van der Waals surface area (Å²) in [6.07, 6.45) is 4.80. The Hall–Kier alpha value is -2.73. The van der Waals surface area contributed by atoms with Crippen LogP contribution in [-0.2, 0) is 9.47 Å². The van der Waals surface area contributed by atoms with E-state index in [9.17, 15) is 4.79 Å². The zero-order valence-electron chi connectivity index (χ0n) is 16.3. The molecule has 146 valence electrons. The van der Waals surface area contributed by atoms with Crippen LogP contribution < -0.4 is 0 Å². The Morgan fingerprint density at radius 2 is 2.11 bits per heavy atom. The van der Waals surface area contributed by atoms with Crippen LogP contribution in [-0.4, -0.2) is 40.1 Å². The molecule has 1 aliphatic heterocycles. The summed E-state index contributed by atoms with van der Waals surface area (Å²) in [6, 6.07) is 11.8. The third kappa shape index (κ3) is 3.78. The van der Waals surface area contributed by atoms with Crippen molar-refractivity contribution in [3.8, 4) is 11.3 Å². The van der Waals surface area contributed by atoms with Gasteiger partial charge >= 0.3 is 5.97 Å². The van der Waals surface area contributed by atoms with E-state index in [1.807, 2.05) is 48.9 Å². The first-order chi connectivity index (χ1) is 13.6. The van der Waals surface area contributed by atoms with E-state index < -0.39 is 0 Å². The van der Waals surface area contributed by atoms with Gasteiger partial charge < -0.3 is 9.47 Å². The largest absolute Gasteiger partial charge is 0.459 e. The highest BCUT2D eigenvalue weighted by atomic mass is 16.6. The van der Waals surface area contributed by atoms with E-state index in [1.165, 1.54) is 0 Å². The topological polar surface area (TPSA) is 66.2 Å². The molecule has 0 spiro atoms. The Labute approximate surface area is 164 Å². The standard InChI is InChI=1S/C22H25N3O3/c1-15(2)25-21-19(13-23-25)18(12-20(24-21)16-8-4-3-5-9-16)22(26)28-14-17-10-6-7-11-27-17/h3-5,8-9,12-13,15,17H,6-7,10-11,14H2,1-2H3. The van der Waals surface area contributed by atoms with E-state index in [0.29, 0.717) is 16.6 Å². The number of hydrogen-bond acceptors (Lipinski definition) is 5. The van der Waals surface area contributed by atoms with Crippen LogP contribution >= 0.6 is 0 Å². The Morgan fingerprint density at radius 3 is 2.82 bits per heavy atom. The minimum Gasteiger partial charge on any atom is -0.459 e. The Morgan fingerprint density at radius 1 is 1.29 bits per heavy atom. The van der Waals surface area contributed by atoms with Gasteiger partial charge in [0.1, 0.15) is 6.61 Å². The third-order valence-corrected chi connectivity index (χ3v) is 5.02. The predicted molar refractivity (Wildman–Crippen MR) is 107 cm³/mol. The summed E-state index contributed by atoms with van der Waals surface area (Å²) < 4.78 is 13.1. The molecule has 0 N–H and O–H groups in total. The van der Waals surface area contributed by atoms with Crippen LogP contribution in [0.15, 0.2) is 42.6 Å². The first-order valence-electron chi connectivity index (χ1n) is 9.86. The van der Waals surface area contributed by atoms with Gasteiger partial charge in [0, 0.05) is 18.2 Å². The first kappa shape index (κ1) is 18.6. The molecule has 0 bridgehead atoms. The molecule has 0 saturated carbocycles. The molecule has 28 heavy (non-hydrogen) atoms. The molecule has 1 atom stereocenters. The van der Waals surface area contributed by atoms with Gasteiger partial charge in [-0.3, -0.25) is 0 Å². The van der Waals surface area contributed by atoms with E-state index in [-0.39, 0.29) is 24.7 Å². The van der Waals surface area contributed by atoms with Crippen molar-refractivity contribution in [3.05, 3.63) is 48.2 Å². The minimum atomic E-state index is -0.359. The molecule has 6 heteroatoms. The average molecular weight is 379 g/mol. The van der Waals surface area contributed by atoms with Crippen LogP contribution in [0.4, 0.5) is 0 Å². The molecule has 6 nitrogen and oxygen atoms in total. The van der Waals surface area contributed by atoms with Crippen molar-refractivity contribution in [1.29, 1.82) is 0 Å². The highest BCUT2D eigenvalue weighted by Gasteiger charge is 2.21. The zero-order chi connectivity index (χ0) is 19.5. The second-order valence-electron chi connectivity index (χ2n) is 7.43. The van der Waals surface area contributed by atoms with Gasteiger partial charge in [0.25, 0.3) is 0 Å². The van der Waals surface area contributed by atoms with Gasteiger partial charge in [-0.2, -0.15) is 5.10 Å². The number of nitrogens with zero attached hydrogens (tertiary/aromatic N) is 3. The fourth-order valence-electron chi connectivity index (χ4n) is 3.51. The van der Waals surface area contributed by atoms with Crippen molar-refractivity contribution >= 4 is 17.0 Å². The SMILES string of the molecule is CC(C)n1ncc2c(C(=O)OCC3CCCCO3)cc(-c3ccccc3)nc21. The lowest BCUT2D eigenvalue weighted by Gasteiger charge is -2.22. The lowest BCUT2D eigenvalue weighted by atomic mass is 10.1. The maximum atomic E-state index is 12.9. The number of carbonyl (C=O) groups is 1. The highest BCUT2D eigenvalue weighted by Crippen LogP contribution is 2.27. The van der Waals surface area contributed by atoms with Crippen molar-refractivity contribution in [2.75, 3.05) is 13.2 Å². The number of aromatic nitrogens is 3. The average Bonchev–Trinajstić information content (AvgIpc) is 3.17. The second kappa shape index (κ2) is 8.10. The molecule has 2 aromatic heterocycles. The van der Waals surface area contributed by atoms with Gasteiger partial charge in [0.05, 0.1) is 28.9 Å². The lowest BCUT2D eigenvalue weighted by molar-refractivity contribution is -0.0299.